The summed E-state index contributed by atoms with van der Waals surface area (Å²) in [6.07, 6.45) is 4.69. The van der Waals surface area contributed by atoms with Gasteiger partial charge in [-0.1, -0.05) is 12.8 Å². The summed E-state index contributed by atoms with van der Waals surface area (Å²) in [6.45, 7) is 2.20. The lowest BCUT2D eigenvalue weighted by atomic mass is 9.98. The topological polar surface area (TPSA) is 71.8 Å². The van der Waals surface area contributed by atoms with E-state index in [4.69, 9.17) is 5.73 Å². The largest absolute Gasteiger partial charge is 0.324 e. The summed E-state index contributed by atoms with van der Waals surface area (Å²) >= 11 is 0. The van der Waals surface area contributed by atoms with E-state index in [1.165, 1.54) is 12.8 Å². The first-order valence-corrected chi connectivity index (χ1v) is 5.52. The Morgan fingerprint density at radius 1 is 1.47 bits per heavy atom. The summed E-state index contributed by atoms with van der Waals surface area (Å²) in [6, 6.07) is 0. The Kier molecular flexibility index (Phi) is 2.86. The SMILES string of the molecule is Cc1nc(CN)[nH]c(=O)c1C1CCCC1. The Morgan fingerprint density at radius 3 is 2.67 bits per heavy atom. The smallest absolute Gasteiger partial charge is 0.254 e. The zero-order valence-corrected chi connectivity index (χ0v) is 9.05. The van der Waals surface area contributed by atoms with E-state index in [0.717, 1.165) is 24.1 Å². The number of nitrogens with two attached hydrogens (primary N) is 1. The molecule has 1 heterocycles. The number of aromatic amines is 1. The van der Waals surface area contributed by atoms with Gasteiger partial charge in [0.2, 0.25) is 0 Å². The lowest BCUT2D eigenvalue weighted by Crippen LogP contribution is -2.22. The van der Waals surface area contributed by atoms with Crippen LogP contribution in [-0.2, 0) is 6.54 Å². The maximum Gasteiger partial charge on any atom is 0.254 e. The van der Waals surface area contributed by atoms with Crippen molar-refractivity contribution in [1.29, 1.82) is 0 Å². The minimum Gasteiger partial charge on any atom is -0.324 e. The molecule has 1 fully saturated rings. The lowest BCUT2D eigenvalue weighted by molar-refractivity contribution is 0.689. The molecule has 1 aromatic rings. The zero-order valence-electron chi connectivity index (χ0n) is 9.05. The van der Waals surface area contributed by atoms with Crippen molar-refractivity contribution in [2.75, 3.05) is 0 Å². The Bertz CT molecular complexity index is 405. The second-order valence-corrected chi connectivity index (χ2v) is 4.20. The second kappa shape index (κ2) is 4.14. The van der Waals surface area contributed by atoms with Gasteiger partial charge in [-0.3, -0.25) is 4.79 Å². The Balaban J connectivity index is 2.42. The molecule has 0 saturated heterocycles. The third-order valence-corrected chi connectivity index (χ3v) is 3.15. The lowest BCUT2D eigenvalue weighted by Gasteiger charge is -2.11. The highest BCUT2D eigenvalue weighted by molar-refractivity contribution is 5.22. The van der Waals surface area contributed by atoms with Gasteiger partial charge in [-0.2, -0.15) is 0 Å². The maximum absolute atomic E-state index is 11.9. The van der Waals surface area contributed by atoms with Crippen LogP contribution in [0.2, 0.25) is 0 Å². The molecule has 4 heteroatoms. The maximum atomic E-state index is 11.9. The summed E-state index contributed by atoms with van der Waals surface area (Å²) in [5.41, 5.74) is 7.20. The van der Waals surface area contributed by atoms with Gasteiger partial charge in [0.25, 0.3) is 5.56 Å². The highest BCUT2D eigenvalue weighted by Crippen LogP contribution is 2.33. The van der Waals surface area contributed by atoms with E-state index >= 15 is 0 Å². The van der Waals surface area contributed by atoms with Crippen LogP contribution >= 0.6 is 0 Å². The quantitative estimate of drug-likeness (QED) is 0.765. The normalized spacial score (nSPS) is 17.2. The average molecular weight is 207 g/mol. The molecule has 1 aliphatic carbocycles. The van der Waals surface area contributed by atoms with Crippen molar-refractivity contribution >= 4 is 0 Å². The van der Waals surface area contributed by atoms with Crippen molar-refractivity contribution in [3.63, 3.8) is 0 Å². The van der Waals surface area contributed by atoms with E-state index in [-0.39, 0.29) is 5.56 Å². The van der Waals surface area contributed by atoms with Gasteiger partial charge in [-0.25, -0.2) is 4.98 Å². The summed E-state index contributed by atoms with van der Waals surface area (Å²) in [4.78, 5) is 18.9. The highest BCUT2D eigenvalue weighted by atomic mass is 16.1. The van der Waals surface area contributed by atoms with Crippen LogP contribution in [0.3, 0.4) is 0 Å². The van der Waals surface area contributed by atoms with E-state index in [0.29, 0.717) is 18.3 Å². The van der Waals surface area contributed by atoms with Crippen LogP contribution in [-0.4, -0.2) is 9.97 Å². The van der Waals surface area contributed by atoms with E-state index in [9.17, 15) is 4.79 Å². The minimum absolute atomic E-state index is 0.00912. The standard InChI is InChI=1S/C11H17N3O/c1-7-10(8-4-2-3-5-8)11(15)14-9(6-12)13-7/h8H,2-6,12H2,1H3,(H,13,14,15). The van der Waals surface area contributed by atoms with Crippen molar-refractivity contribution in [3.05, 3.63) is 27.4 Å². The van der Waals surface area contributed by atoms with Crippen molar-refractivity contribution in [1.82, 2.24) is 9.97 Å². The van der Waals surface area contributed by atoms with Gasteiger partial charge in [0.05, 0.1) is 6.54 Å². The molecule has 1 saturated carbocycles. The summed E-state index contributed by atoms with van der Waals surface area (Å²) < 4.78 is 0. The van der Waals surface area contributed by atoms with Gasteiger partial charge in [0.1, 0.15) is 5.82 Å². The van der Waals surface area contributed by atoms with Crippen LogP contribution in [0.1, 0.15) is 48.7 Å². The van der Waals surface area contributed by atoms with Crippen molar-refractivity contribution in [2.24, 2.45) is 5.73 Å². The molecular formula is C11H17N3O. The number of aryl methyl sites for hydroxylation is 1. The molecule has 0 radical (unpaired) electrons. The van der Waals surface area contributed by atoms with Gasteiger partial charge >= 0.3 is 0 Å². The number of H-pyrrole nitrogens is 1. The second-order valence-electron chi connectivity index (χ2n) is 4.20. The van der Waals surface area contributed by atoms with E-state index in [1.807, 2.05) is 6.92 Å². The van der Waals surface area contributed by atoms with Crippen LogP contribution in [0, 0.1) is 6.92 Å². The molecule has 15 heavy (non-hydrogen) atoms. The number of nitrogens with one attached hydrogen (secondary N) is 1. The molecular weight excluding hydrogens is 190 g/mol. The molecule has 2 rings (SSSR count). The van der Waals surface area contributed by atoms with Crippen LogP contribution in [0.15, 0.2) is 4.79 Å². The van der Waals surface area contributed by atoms with Crippen molar-refractivity contribution < 1.29 is 0 Å². The number of rotatable bonds is 2. The predicted molar refractivity (Wildman–Crippen MR) is 58.7 cm³/mol. The zero-order chi connectivity index (χ0) is 10.8. The van der Waals surface area contributed by atoms with Gasteiger partial charge in [-0.15, -0.1) is 0 Å². The van der Waals surface area contributed by atoms with Gasteiger partial charge in [0.15, 0.2) is 0 Å². The third-order valence-electron chi connectivity index (χ3n) is 3.15. The van der Waals surface area contributed by atoms with E-state index in [1.54, 1.807) is 0 Å². The van der Waals surface area contributed by atoms with Crippen molar-refractivity contribution in [3.8, 4) is 0 Å². The monoisotopic (exact) mass is 207 g/mol. The molecule has 4 nitrogen and oxygen atoms in total. The fourth-order valence-corrected chi connectivity index (χ4v) is 2.45. The predicted octanol–water partition coefficient (Wildman–Crippen LogP) is 1.19. The van der Waals surface area contributed by atoms with Gasteiger partial charge in [-0.05, 0) is 25.7 Å². The number of hydrogen-bond donors (Lipinski definition) is 2. The Hall–Kier alpha value is -1.16. The minimum atomic E-state index is 0.00912. The molecule has 0 unspecified atom stereocenters. The first-order chi connectivity index (χ1) is 7.22. The molecule has 1 aliphatic rings. The molecule has 0 amide bonds. The fourth-order valence-electron chi connectivity index (χ4n) is 2.45. The number of nitrogens with zero attached hydrogens (tertiary/aromatic N) is 1. The Labute approximate surface area is 88.9 Å². The molecule has 3 N–H and O–H groups in total. The highest BCUT2D eigenvalue weighted by Gasteiger charge is 2.22. The van der Waals surface area contributed by atoms with Crippen molar-refractivity contribution in [2.45, 2.75) is 45.1 Å². The van der Waals surface area contributed by atoms with Gasteiger partial charge < -0.3 is 10.7 Å². The van der Waals surface area contributed by atoms with Crippen LogP contribution < -0.4 is 11.3 Å². The first kappa shape index (κ1) is 10.4. The molecule has 0 aromatic carbocycles. The summed E-state index contributed by atoms with van der Waals surface area (Å²) in [7, 11) is 0. The summed E-state index contributed by atoms with van der Waals surface area (Å²) in [5.74, 6) is 0.993. The average Bonchev–Trinajstić information content (AvgIpc) is 2.69. The van der Waals surface area contributed by atoms with Crippen LogP contribution in [0.25, 0.3) is 0 Å². The molecule has 0 bridgehead atoms. The Morgan fingerprint density at radius 2 is 2.13 bits per heavy atom. The number of aromatic nitrogens is 2. The third kappa shape index (κ3) is 1.95. The fraction of sp³-hybridized carbons (Fsp3) is 0.636. The summed E-state index contributed by atoms with van der Waals surface area (Å²) in [5, 5.41) is 0. The molecule has 0 spiro atoms. The van der Waals surface area contributed by atoms with E-state index in [2.05, 4.69) is 9.97 Å². The molecule has 82 valence electrons. The van der Waals surface area contributed by atoms with Crippen LogP contribution in [0.4, 0.5) is 0 Å². The van der Waals surface area contributed by atoms with Gasteiger partial charge in [0, 0.05) is 11.3 Å². The van der Waals surface area contributed by atoms with E-state index < -0.39 is 0 Å². The molecule has 0 aliphatic heterocycles. The van der Waals surface area contributed by atoms with Crippen LogP contribution in [0.5, 0.6) is 0 Å². The molecule has 1 aromatic heterocycles. The molecule has 0 atom stereocenters. The first-order valence-electron chi connectivity index (χ1n) is 5.52. The number of hydrogen-bond acceptors (Lipinski definition) is 3.